The van der Waals surface area contributed by atoms with Crippen molar-refractivity contribution in [2.75, 3.05) is 34.8 Å². The van der Waals surface area contributed by atoms with E-state index in [1.54, 1.807) is 16.8 Å². The number of carbonyl (C=O) groups is 2. The van der Waals surface area contributed by atoms with Crippen molar-refractivity contribution in [1.82, 2.24) is 9.61 Å². The molecule has 2 aliphatic rings. The van der Waals surface area contributed by atoms with E-state index in [1.807, 2.05) is 24.3 Å². The van der Waals surface area contributed by atoms with Crippen molar-refractivity contribution in [3.05, 3.63) is 53.9 Å². The Balaban J connectivity index is 1.44. The third-order valence-corrected chi connectivity index (χ3v) is 7.29. The number of carbonyl (C=O) groups excluding carboxylic acids is 2. The van der Waals surface area contributed by atoms with E-state index in [2.05, 4.69) is 35.2 Å². The smallest absolute Gasteiger partial charge is 0.255 e. The van der Waals surface area contributed by atoms with Gasteiger partial charge in [-0.15, -0.1) is 0 Å². The van der Waals surface area contributed by atoms with E-state index < -0.39 is 12.0 Å². The molecular weight excluding hydrogens is 458 g/mol. The third-order valence-electron chi connectivity index (χ3n) is 7.29. The number of piperidine rings is 1. The summed E-state index contributed by atoms with van der Waals surface area (Å²) >= 11 is 0. The van der Waals surface area contributed by atoms with Gasteiger partial charge in [0.05, 0.1) is 46.5 Å². The van der Waals surface area contributed by atoms with Crippen LogP contribution < -0.4 is 20.9 Å². The summed E-state index contributed by atoms with van der Waals surface area (Å²) in [5.74, 6) is -0.928. The van der Waals surface area contributed by atoms with Gasteiger partial charge in [0, 0.05) is 43.2 Å². The minimum Gasteiger partial charge on any atom is -0.383 e. The molecule has 0 aliphatic carbocycles. The first-order valence-electron chi connectivity index (χ1n) is 12.0. The summed E-state index contributed by atoms with van der Waals surface area (Å²) in [6.45, 7) is 6.35. The molecule has 0 radical (unpaired) electrons. The molecule has 2 amide bonds. The highest BCUT2D eigenvalue weighted by Gasteiger charge is 2.37. The van der Waals surface area contributed by atoms with Gasteiger partial charge in [0.25, 0.3) is 11.8 Å². The van der Waals surface area contributed by atoms with Gasteiger partial charge in [-0.2, -0.15) is 10.4 Å². The van der Waals surface area contributed by atoms with Crippen LogP contribution in [0.1, 0.15) is 42.6 Å². The second-order valence-corrected chi connectivity index (χ2v) is 10.2. The number of rotatable bonds is 5. The fourth-order valence-electron chi connectivity index (χ4n) is 5.22. The van der Waals surface area contributed by atoms with Crippen molar-refractivity contribution < 1.29 is 14.7 Å². The molecule has 5 rings (SSSR count). The van der Waals surface area contributed by atoms with Crippen LogP contribution in [-0.2, 0) is 4.79 Å². The largest absolute Gasteiger partial charge is 0.383 e. The molecule has 2 aliphatic heterocycles. The number of benzene rings is 1. The van der Waals surface area contributed by atoms with E-state index in [4.69, 9.17) is 11.0 Å². The molecule has 2 fully saturated rings. The van der Waals surface area contributed by atoms with Crippen molar-refractivity contribution in [2.45, 2.75) is 38.8 Å². The monoisotopic (exact) mass is 487 g/mol. The molecule has 4 heterocycles. The lowest BCUT2D eigenvalue weighted by molar-refractivity contribution is -0.123. The first-order valence-corrected chi connectivity index (χ1v) is 12.0. The zero-order chi connectivity index (χ0) is 25.6. The van der Waals surface area contributed by atoms with Gasteiger partial charge in [0.2, 0.25) is 0 Å². The first kappa shape index (κ1) is 23.6. The number of hydrogen-bond donors (Lipinski definition) is 3. The normalized spacial score (nSPS) is 21.6. The average molecular weight is 488 g/mol. The van der Waals surface area contributed by atoms with Gasteiger partial charge in [-0.3, -0.25) is 9.59 Å². The summed E-state index contributed by atoms with van der Waals surface area (Å²) in [6, 6.07) is 11.6. The SMILES string of the molecule is CC1(C)CN(c2ccc(C#N)cc2)CCC1Nc1c(C(N)=O)cnn2cc(N3CCC(O)C3=O)cc12. The molecule has 0 bridgehead atoms. The lowest BCUT2D eigenvalue weighted by atomic mass is 9.78. The zero-order valence-corrected chi connectivity index (χ0v) is 20.3. The lowest BCUT2D eigenvalue weighted by Crippen LogP contribution is -2.52. The predicted octanol–water partition coefficient (Wildman–Crippen LogP) is 2.12. The molecule has 2 saturated heterocycles. The Labute approximate surface area is 208 Å². The number of fused-ring (bicyclic) bond motifs is 1. The standard InChI is InChI=1S/C26H29N7O3/c1-26(2)15-31(17-5-3-16(12-27)4-6-17)9-8-22(26)30-23-19(24(28)35)13-29-33-14-18(11-20(23)33)32-10-7-21(34)25(32)36/h3-6,11,13-14,21-22,30,34H,7-10,15H2,1-2H3,(H2,28,35). The minimum absolute atomic E-state index is 0.0324. The molecule has 10 heteroatoms. The van der Waals surface area contributed by atoms with Gasteiger partial charge < -0.3 is 26.0 Å². The molecular formula is C26H29N7O3. The van der Waals surface area contributed by atoms with Crippen LogP contribution in [0.5, 0.6) is 0 Å². The summed E-state index contributed by atoms with van der Waals surface area (Å²) in [7, 11) is 0. The van der Waals surface area contributed by atoms with E-state index in [-0.39, 0.29) is 22.9 Å². The van der Waals surface area contributed by atoms with E-state index >= 15 is 0 Å². The number of nitrogens with two attached hydrogens (primary N) is 1. The van der Waals surface area contributed by atoms with Crippen LogP contribution in [0.3, 0.4) is 0 Å². The third kappa shape index (κ3) is 4.12. The summed E-state index contributed by atoms with van der Waals surface area (Å²) in [6.07, 6.45) is 3.36. The maximum atomic E-state index is 12.4. The zero-order valence-electron chi connectivity index (χ0n) is 20.3. The number of aliphatic hydroxyl groups excluding tert-OH is 1. The van der Waals surface area contributed by atoms with E-state index in [9.17, 15) is 14.7 Å². The summed E-state index contributed by atoms with van der Waals surface area (Å²) < 4.78 is 1.63. The first-order chi connectivity index (χ1) is 17.2. The fourth-order valence-corrected chi connectivity index (χ4v) is 5.22. The van der Waals surface area contributed by atoms with Crippen molar-refractivity contribution in [3.8, 4) is 6.07 Å². The minimum atomic E-state index is -0.998. The van der Waals surface area contributed by atoms with Crippen molar-refractivity contribution in [3.63, 3.8) is 0 Å². The number of hydrogen-bond acceptors (Lipinski definition) is 7. The molecule has 3 aromatic rings. The number of nitrogens with one attached hydrogen (secondary N) is 1. The number of aromatic nitrogens is 2. The number of nitrogens with zero attached hydrogens (tertiary/aromatic N) is 5. The molecule has 2 aromatic heterocycles. The summed E-state index contributed by atoms with van der Waals surface area (Å²) in [5.41, 5.74) is 9.36. The second-order valence-electron chi connectivity index (χ2n) is 10.2. The van der Waals surface area contributed by atoms with E-state index in [1.165, 1.54) is 11.1 Å². The van der Waals surface area contributed by atoms with Crippen LogP contribution in [0.15, 0.2) is 42.7 Å². The highest BCUT2D eigenvalue weighted by molar-refractivity contribution is 6.03. The molecule has 2 atom stereocenters. The Hall–Kier alpha value is -4.10. The number of anilines is 3. The van der Waals surface area contributed by atoms with Crippen LogP contribution in [0, 0.1) is 16.7 Å². The maximum absolute atomic E-state index is 12.4. The van der Waals surface area contributed by atoms with Crippen LogP contribution in [-0.4, -0.2) is 58.3 Å². The highest BCUT2D eigenvalue weighted by Crippen LogP contribution is 2.37. The molecule has 0 saturated carbocycles. The Bertz CT molecular complexity index is 1370. The van der Waals surface area contributed by atoms with Crippen molar-refractivity contribution in [2.24, 2.45) is 11.1 Å². The molecule has 0 spiro atoms. The van der Waals surface area contributed by atoms with Crippen LogP contribution in [0.2, 0.25) is 0 Å². The fraction of sp³-hybridized carbons (Fsp3) is 0.385. The van der Waals surface area contributed by atoms with E-state index in [0.29, 0.717) is 35.4 Å². The van der Waals surface area contributed by atoms with Gasteiger partial charge in [-0.25, -0.2) is 4.52 Å². The molecule has 4 N–H and O–H groups in total. The van der Waals surface area contributed by atoms with Gasteiger partial charge in [0.1, 0.15) is 6.10 Å². The van der Waals surface area contributed by atoms with Crippen LogP contribution in [0.25, 0.3) is 5.52 Å². The second kappa shape index (κ2) is 8.84. The van der Waals surface area contributed by atoms with Crippen molar-refractivity contribution in [1.29, 1.82) is 5.26 Å². The van der Waals surface area contributed by atoms with E-state index in [0.717, 1.165) is 25.2 Å². The average Bonchev–Trinajstić information content (AvgIpc) is 3.43. The highest BCUT2D eigenvalue weighted by atomic mass is 16.3. The van der Waals surface area contributed by atoms with Gasteiger partial charge in [-0.05, 0) is 36.8 Å². The number of primary amides is 1. The number of amides is 2. The molecule has 186 valence electrons. The summed E-state index contributed by atoms with van der Waals surface area (Å²) in [4.78, 5) is 28.5. The van der Waals surface area contributed by atoms with Crippen LogP contribution in [0.4, 0.5) is 17.1 Å². The summed E-state index contributed by atoms with van der Waals surface area (Å²) in [5, 5.41) is 26.9. The topological polar surface area (TPSA) is 140 Å². The molecule has 36 heavy (non-hydrogen) atoms. The number of nitriles is 1. The predicted molar refractivity (Wildman–Crippen MR) is 136 cm³/mol. The lowest BCUT2D eigenvalue weighted by Gasteiger charge is -2.46. The molecule has 10 nitrogen and oxygen atoms in total. The van der Waals surface area contributed by atoms with Gasteiger partial charge in [0.15, 0.2) is 0 Å². The molecule has 1 aromatic carbocycles. The Morgan fingerprint density at radius 2 is 1.97 bits per heavy atom. The Morgan fingerprint density at radius 3 is 2.58 bits per heavy atom. The quantitative estimate of drug-likeness (QED) is 0.501. The Morgan fingerprint density at radius 1 is 1.22 bits per heavy atom. The van der Waals surface area contributed by atoms with Gasteiger partial charge >= 0.3 is 0 Å². The number of aliphatic hydroxyl groups is 1. The Kier molecular flexibility index (Phi) is 5.80. The van der Waals surface area contributed by atoms with Crippen molar-refractivity contribution >= 4 is 34.4 Å². The molecule has 2 unspecified atom stereocenters. The van der Waals surface area contributed by atoms with Crippen LogP contribution >= 0.6 is 0 Å². The maximum Gasteiger partial charge on any atom is 0.255 e. The van der Waals surface area contributed by atoms with Gasteiger partial charge in [-0.1, -0.05) is 13.8 Å².